The van der Waals surface area contributed by atoms with Gasteiger partial charge in [0.15, 0.2) is 0 Å². The summed E-state index contributed by atoms with van der Waals surface area (Å²) in [4.78, 5) is 18.9. The molecule has 18 heavy (non-hydrogen) atoms. The second-order valence-electron chi connectivity index (χ2n) is 3.67. The van der Waals surface area contributed by atoms with E-state index in [1.165, 1.54) is 12.3 Å². The number of rotatable bonds is 3. The van der Waals surface area contributed by atoms with Gasteiger partial charge in [0.2, 0.25) is 0 Å². The lowest BCUT2D eigenvalue weighted by Crippen LogP contribution is -1.96. The quantitative estimate of drug-likeness (QED) is 0.644. The van der Waals surface area contributed by atoms with Crippen LogP contribution < -0.4 is 0 Å². The summed E-state index contributed by atoms with van der Waals surface area (Å²) in [6.07, 6.45) is 3.98. The van der Waals surface area contributed by atoms with Gasteiger partial charge in [-0.1, -0.05) is 6.92 Å². The van der Waals surface area contributed by atoms with Crippen LogP contribution in [-0.4, -0.2) is 14.9 Å². The van der Waals surface area contributed by atoms with Gasteiger partial charge < -0.3 is 0 Å². The van der Waals surface area contributed by atoms with Gasteiger partial charge in [0.05, 0.1) is 4.92 Å². The zero-order valence-electron chi connectivity index (χ0n) is 9.63. The van der Waals surface area contributed by atoms with Gasteiger partial charge >= 0.3 is 0 Å². The molecule has 0 bridgehead atoms. The average Bonchev–Trinajstić information content (AvgIpc) is 2.39. The summed E-state index contributed by atoms with van der Waals surface area (Å²) in [5, 5.41) is 11.0. The highest BCUT2D eigenvalue weighted by atomic mass is 79.9. The van der Waals surface area contributed by atoms with Gasteiger partial charge in [-0.05, 0) is 34.5 Å². The molecule has 5 nitrogen and oxygen atoms in total. The number of hydrogen-bond donors (Lipinski definition) is 0. The lowest BCUT2D eigenvalue weighted by atomic mass is 10.1. The van der Waals surface area contributed by atoms with Crippen LogP contribution in [0, 0.1) is 10.1 Å². The van der Waals surface area contributed by atoms with Crippen molar-refractivity contribution < 1.29 is 4.92 Å². The fourth-order valence-electron chi connectivity index (χ4n) is 1.56. The van der Waals surface area contributed by atoms with Crippen molar-refractivity contribution >= 4 is 21.6 Å². The van der Waals surface area contributed by atoms with Crippen LogP contribution in [0.25, 0.3) is 11.3 Å². The van der Waals surface area contributed by atoms with E-state index in [4.69, 9.17) is 0 Å². The first-order valence-electron chi connectivity index (χ1n) is 5.37. The van der Waals surface area contributed by atoms with Gasteiger partial charge in [-0.15, -0.1) is 0 Å². The standard InChI is InChI=1S/C12H10BrN3O2/c1-2-10-4-3-8(6-14-10)12-11(16(17)18)5-9(13)7-15-12/h3-7H,2H2,1H3. The Morgan fingerprint density at radius 2 is 2.11 bits per heavy atom. The fraction of sp³-hybridized carbons (Fsp3) is 0.167. The van der Waals surface area contributed by atoms with Crippen molar-refractivity contribution in [1.29, 1.82) is 0 Å². The molecule has 6 heteroatoms. The Kier molecular flexibility index (Phi) is 3.66. The number of aryl methyl sites for hydroxylation is 1. The predicted octanol–water partition coefficient (Wildman–Crippen LogP) is 3.38. The molecule has 0 aliphatic rings. The van der Waals surface area contributed by atoms with Crippen LogP contribution in [0.5, 0.6) is 0 Å². The van der Waals surface area contributed by atoms with Gasteiger partial charge in [-0.25, -0.2) is 4.98 Å². The van der Waals surface area contributed by atoms with Crippen LogP contribution in [-0.2, 0) is 6.42 Å². The number of nitro groups is 1. The summed E-state index contributed by atoms with van der Waals surface area (Å²) in [7, 11) is 0. The molecule has 0 fully saturated rings. The minimum Gasteiger partial charge on any atom is -0.261 e. The molecule has 2 aromatic rings. The third kappa shape index (κ3) is 2.53. The summed E-state index contributed by atoms with van der Waals surface area (Å²) in [5.74, 6) is 0. The van der Waals surface area contributed by atoms with E-state index in [9.17, 15) is 10.1 Å². The predicted molar refractivity (Wildman–Crippen MR) is 71.2 cm³/mol. The highest BCUT2D eigenvalue weighted by molar-refractivity contribution is 9.10. The molecule has 92 valence electrons. The smallest absolute Gasteiger partial charge is 0.261 e. The maximum Gasteiger partial charge on any atom is 0.296 e. The largest absolute Gasteiger partial charge is 0.296 e. The van der Waals surface area contributed by atoms with Gasteiger partial charge in [0, 0.05) is 34.2 Å². The van der Waals surface area contributed by atoms with Crippen LogP contribution in [0.15, 0.2) is 35.1 Å². The molecule has 0 radical (unpaired) electrons. The molecule has 2 rings (SSSR count). The molecule has 0 saturated heterocycles. The molecule has 2 aromatic heterocycles. The lowest BCUT2D eigenvalue weighted by Gasteiger charge is -2.03. The van der Waals surface area contributed by atoms with Crippen molar-refractivity contribution in [3.05, 3.63) is 50.9 Å². The van der Waals surface area contributed by atoms with Crippen LogP contribution in [0.2, 0.25) is 0 Å². The normalized spacial score (nSPS) is 10.3. The number of hydrogen-bond acceptors (Lipinski definition) is 4. The topological polar surface area (TPSA) is 68.9 Å². The van der Waals surface area contributed by atoms with E-state index in [0.29, 0.717) is 15.7 Å². The van der Waals surface area contributed by atoms with Gasteiger partial charge in [0.25, 0.3) is 5.69 Å². The molecule has 0 atom stereocenters. The zero-order valence-corrected chi connectivity index (χ0v) is 11.2. The molecule has 0 aromatic carbocycles. The Labute approximate surface area is 112 Å². The van der Waals surface area contributed by atoms with Crippen LogP contribution in [0.1, 0.15) is 12.6 Å². The van der Waals surface area contributed by atoms with E-state index < -0.39 is 4.92 Å². The summed E-state index contributed by atoms with van der Waals surface area (Å²) in [6.45, 7) is 2.00. The average molecular weight is 308 g/mol. The number of aromatic nitrogens is 2. The number of nitrogens with zero attached hydrogens (tertiary/aromatic N) is 3. The molecular weight excluding hydrogens is 298 g/mol. The molecule has 0 N–H and O–H groups in total. The first-order chi connectivity index (χ1) is 8.61. The molecule has 0 aliphatic carbocycles. The Morgan fingerprint density at radius 3 is 2.67 bits per heavy atom. The van der Waals surface area contributed by atoms with E-state index >= 15 is 0 Å². The summed E-state index contributed by atoms with van der Waals surface area (Å²) >= 11 is 3.18. The molecule has 0 aliphatic heterocycles. The second-order valence-corrected chi connectivity index (χ2v) is 4.59. The Balaban J connectivity index is 2.52. The molecule has 0 unspecified atom stereocenters. The van der Waals surface area contributed by atoms with Crippen LogP contribution in [0.4, 0.5) is 5.69 Å². The van der Waals surface area contributed by atoms with Crippen molar-refractivity contribution in [3.8, 4) is 11.3 Å². The van der Waals surface area contributed by atoms with Crippen LogP contribution in [0.3, 0.4) is 0 Å². The minimum atomic E-state index is -0.444. The number of pyridine rings is 2. The fourth-order valence-corrected chi connectivity index (χ4v) is 1.88. The molecule has 0 amide bonds. The van der Waals surface area contributed by atoms with E-state index in [1.807, 2.05) is 13.0 Å². The molecule has 0 saturated carbocycles. The van der Waals surface area contributed by atoms with Gasteiger partial charge in [-0.3, -0.25) is 15.1 Å². The van der Waals surface area contributed by atoms with Crippen LogP contribution >= 0.6 is 15.9 Å². The Bertz CT molecular complexity index is 584. The van der Waals surface area contributed by atoms with E-state index in [-0.39, 0.29) is 5.69 Å². The monoisotopic (exact) mass is 307 g/mol. The first-order valence-corrected chi connectivity index (χ1v) is 6.16. The lowest BCUT2D eigenvalue weighted by molar-refractivity contribution is -0.384. The summed E-state index contributed by atoms with van der Waals surface area (Å²) in [6, 6.07) is 5.09. The molecule has 2 heterocycles. The highest BCUT2D eigenvalue weighted by Crippen LogP contribution is 2.29. The summed E-state index contributed by atoms with van der Waals surface area (Å²) < 4.78 is 0.580. The highest BCUT2D eigenvalue weighted by Gasteiger charge is 2.17. The second kappa shape index (κ2) is 5.22. The minimum absolute atomic E-state index is 0.0320. The summed E-state index contributed by atoms with van der Waals surface area (Å²) in [5.41, 5.74) is 1.89. The maximum atomic E-state index is 11.0. The number of halogens is 1. The zero-order chi connectivity index (χ0) is 13.1. The third-order valence-corrected chi connectivity index (χ3v) is 2.92. The Hall–Kier alpha value is -1.82. The van der Waals surface area contributed by atoms with Crippen molar-refractivity contribution in [2.24, 2.45) is 0 Å². The van der Waals surface area contributed by atoms with Crippen molar-refractivity contribution in [2.45, 2.75) is 13.3 Å². The van der Waals surface area contributed by atoms with E-state index in [2.05, 4.69) is 25.9 Å². The van der Waals surface area contributed by atoms with Gasteiger partial charge in [0.1, 0.15) is 5.69 Å². The first kappa shape index (κ1) is 12.6. The molecular formula is C12H10BrN3O2. The van der Waals surface area contributed by atoms with Crippen molar-refractivity contribution in [3.63, 3.8) is 0 Å². The maximum absolute atomic E-state index is 11.0. The van der Waals surface area contributed by atoms with Crippen molar-refractivity contribution in [2.75, 3.05) is 0 Å². The molecule has 0 spiro atoms. The SMILES string of the molecule is CCc1ccc(-c2ncc(Br)cc2[N+](=O)[O-])cn1. The van der Waals surface area contributed by atoms with Crippen molar-refractivity contribution in [1.82, 2.24) is 9.97 Å². The van der Waals surface area contributed by atoms with Gasteiger partial charge in [-0.2, -0.15) is 0 Å². The van der Waals surface area contributed by atoms with E-state index in [1.54, 1.807) is 12.3 Å². The Morgan fingerprint density at radius 1 is 1.33 bits per heavy atom. The third-order valence-electron chi connectivity index (χ3n) is 2.49. The van der Waals surface area contributed by atoms with E-state index in [0.717, 1.165) is 12.1 Å².